The second-order valence-corrected chi connectivity index (χ2v) is 3.71. The highest BCUT2D eigenvalue weighted by Crippen LogP contribution is 2.10. The van der Waals surface area contributed by atoms with E-state index < -0.39 is 0 Å². The van der Waals surface area contributed by atoms with Gasteiger partial charge in [0.2, 0.25) is 5.95 Å². The van der Waals surface area contributed by atoms with E-state index in [-0.39, 0.29) is 0 Å². The lowest BCUT2D eigenvalue weighted by Crippen LogP contribution is -2.29. The van der Waals surface area contributed by atoms with Crippen molar-refractivity contribution in [3.05, 3.63) is 11.8 Å². The molecule has 0 aliphatic heterocycles. The third kappa shape index (κ3) is 3.66. The van der Waals surface area contributed by atoms with Crippen molar-refractivity contribution >= 4 is 11.8 Å². The Morgan fingerprint density at radius 1 is 1.38 bits per heavy atom. The number of aryl methyl sites for hydroxylation is 1. The molecule has 1 rings (SSSR count). The van der Waals surface area contributed by atoms with E-state index in [0.717, 1.165) is 37.6 Å². The Balaban J connectivity index is 2.45. The highest BCUT2D eigenvalue weighted by atomic mass is 15.1. The van der Waals surface area contributed by atoms with Gasteiger partial charge in [0.1, 0.15) is 5.82 Å². The average Bonchev–Trinajstić information content (AvgIpc) is 2.29. The highest BCUT2D eigenvalue weighted by molar-refractivity contribution is 5.44. The third-order valence-electron chi connectivity index (χ3n) is 2.61. The van der Waals surface area contributed by atoms with Crippen molar-refractivity contribution in [3.63, 3.8) is 0 Å². The van der Waals surface area contributed by atoms with Crippen LogP contribution in [0.3, 0.4) is 0 Å². The average molecular weight is 223 g/mol. The molecule has 0 unspecified atom stereocenters. The van der Waals surface area contributed by atoms with Gasteiger partial charge in [-0.3, -0.25) is 0 Å². The van der Waals surface area contributed by atoms with Crippen LogP contribution in [0.25, 0.3) is 0 Å². The van der Waals surface area contributed by atoms with Crippen LogP contribution in [0.5, 0.6) is 0 Å². The van der Waals surface area contributed by atoms with Gasteiger partial charge in [0, 0.05) is 24.8 Å². The van der Waals surface area contributed by atoms with E-state index in [1.165, 1.54) is 0 Å². The summed E-state index contributed by atoms with van der Waals surface area (Å²) < 4.78 is 0. The Kier molecular flexibility index (Phi) is 4.98. The van der Waals surface area contributed by atoms with Gasteiger partial charge in [-0.05, 0) is 20.0 Å². The Labute approximate surface area is 97.1 Å². The van der Waals surface area contributed by atoms with Crippen molar-refractivity contribution < 1.29 is 0 Å². The number of rotatable bonds is 6. The second kappa shape index (κ2) is 6.27. The van der Waals surface area contributed by atoms with Crippen molar-refractivity contribution in [2.45, 2.75) is 20.8 Å². The van der Waals surface area contributed by atoms with Gasteiger partial charge in [0.05, 0.1) is 0 Å². The molecule has 0 atom stereocenters. The van der Waals surface area contributed by atoms with Crippen molar-refractivity contribution in [3.8, 4) is 0 Å². The molecule has 5 heteroatoms. The summed E-state index contributed by atoms with van der Waals surface area (Å²) in [6, 6.07) is 0. The molecule has 1 aromatic heterocycles. The van der Waals surface area contributed by atoms with Gasteiger partial charge in [-0.2, -0.15) is 4.98 Å². The molecule has 0 spiro atoms. The fourth-order valence-corrected chi connectivity index (χ4v) is 1.51. The molecule has 0 aliphatic carbocycles. The zero-order valence-corrected chi connectivity index (χ0v) is 10.3. The number of nitrogen functional groups attached to an aromatic ring is 1. The first kappa shape index (κ1) is 12.7. The van der Waals surface area contributed by atoms with Crippen LogP contribution < -0.4 is 11.1 Å². The van der Waals surface area contributed by atoms with Crippen LogP contribution in [-0.4, -0.2) is 41.0 Å². The molecule has 0 saturated carbocycles. The quantitative estimate of drug-likeness (QED) is 0.756. The van der Waals surface area contributed by atoms with Crippen molar-refractivity contribution in [1.82, 2.24) is 14.9 Å². The van der Waals surface area contributed by atoms with Gasteiger partial charge in [0.25, 0.3) is 0 Å². The Hall–Kier alpha value is -1.36. The zero-order valence-electron chi connectivity index (χ0n) is 10.3. The lowest BCUT2D eigenvalue weighted by molar-refractivity contribution is 0.316. The summed E-state index contributed by atoms with van der Waals surface area (Å²) in [6.45, 7) is 10.3. The number of likely N-dealkylation sites (N-methyl/N-ethyl adjacent to an activating group) is 1. The van der Waals surface area contributed by atoms with Crippen molar-refractivity contribution in [2.24, 2.45) is 0 Å². The van der Waals surface area contributed by atoms with E-state index in [0.29, 0.717) is 5.95 Å². The molecule has 16 heavy (non-hydrogen) atoms. The van der Waals surface area contributed by atoms with Crippen LogP contribution in [-0.2, 0) is 0 Å². The molecule has 1 aromatic rings. The maximum atomic E-state index is 5.54. The van der Waals surface area contributed by atoms with Gasteiger partial charge in [-0.15, -0.1) is 0 Å². The molecule has 0 amide bonds. The number of hydrogen-bond donors (Lipinski definition) is 2. The first-order valence-electron chi connectivity index (χ1n) is 5.72. The molecular weight excluding hydrogens is 202 g/mol. The van der Waals surface area contributed by atoms with Gasteiger partial charge in [-0.1, -0.05) is 13.8 Å². The normalized spacial score (nSPS) is 10.8. The summed E-state index contributed by atoms with van der Waals surface area (Å²) in [6.07, 6.45) is 1.74. The van der Waals surface area contributed by atoms with E-state index >= 15 is 0 Å². The number of hydrogen-bond acceptors (Lipinski definition) is 5. The molecule has 3 N–H and O–H groups in total. The van der Waals surface area contributed by atoms with Crippen LogP contribution in [0, 0.1) is 6.92 Å². The minimum Gasteiger partial charge on any atom is -0.368 e. The van der Waals surface area contributed by atoms with Gasteiger partial charge in [-0.25, -0.2) is 4.98 Å². The maximum absolute atomic E-state index is 5.54. The molecule has 5 nitrogen and oxygen atoms in total. The van der Waals surface area contributed by atoms with E-state index in [2.05, 4.69) is 34.0 Å². The van der Waals surface area contributed by atoms with Crippen LogP contribution in [0.4, 0.5) is 11.8 Å². The summed E-state index contributed by atoms with van der Waals surface area (Å²) >= 11 is 0. The molecular formula is C11H21N5. The van der Waals surface area contributed by atoms with Gasteiger partial charge >= 0.3 is 0 Å². The number of nitrogens with one attached hydrogen (secondary N) is 1. The summed E-state index contributed by atoms with van der Waals surface area (Å²) in [5.74, 6) is 1.15. The topological polar surface area (TPSA) is 67.1 Å². The van der Waals surface area contributed by atoms with Crippen LogP contribution in [0.15, 0.2) is 6.20 Å². The van der Waals surface area contributed by atoms with Crippen LogP contribution in [0.2, 0.25) is 0 Å². The first-order valence-corrected chi connectivity index (χ1v) is 5.72. The molecule has 0 aliphatic rings. The number of anilines is 2. The monoisotopic (exact) mass is 223 g/mol. The summed E-state index contributed by atoms with van der Waals surface area (Å²) in [4.78, 5) is 10.4. The number of nitrogens with two attached hydrogens (primary N) is 1. The number of nitrogens with zero attached hydrogens (tertiary/aromatic N) is 3. The molecule has 0 bridgehead atoms. The molecule has 0 radical (unpaired) electrons. The predicted molar refractivity (Wildman–Crippen MR) is 67.5 cm³/mol. The maximum Gasteiger partial charge on any atom is 0.221 e. The van der Waals surface area contributed by atoms with Crippen LogP contribution >= 0.6 is 0 Å². The lowest BCUT2D eigenvalue weighted by Gasteiger charge is -2.18. The van der Waals surface area contributed by atoms with E-state index in [4.69, 9.17) is 5.73 Å². The highest BCUT2D eigenvalue weighted by Gasteiger charge is 2.02. The summed E-state index contributed by atoms with van der Waals surface area (Å²) in [7, 11) is 0. The SMILES string of the molecule is CCN(CC)CCNc1nc(N)ncc1C. The van der Waals surface area contributed by atoms with Crippen LogP contribution in [0.1, 0.15) is 19.4 Å². The largest absolute Gasteiger partial charge is 0.368 e. The van der Waals surface area contributed by atoms with E-state index in [1.807, 2.05) is 6.92 Å². The van der Waals surface area contributed by atoms with E-state index in [9.17, 15) is 0 Å². The van der Waals surface area contributed by atoms with Gasteiger partial charge < -0.3 is 16.0 Å². The second-order valence-electron chi connectivity index (χ2n) is 3.71. The first-order chi connectivity index (χ1) is 7.67. The minimum absolute atomic E-state index is 0.316. The van der Waals surface area contributed by atoms with E-state index in [1.54, 1.807) is 6.20 Å². The number of aromatic nitrogens is 2. The predicted octanol–water partition coefficient (Wildman–Crippen LogP) is 1.12. The standard InChI is InChI=1S/C11H21N5/c1-4-16(5-2)7-6-13-10-9(3)8-14-11(12)15-10/h8H,4-7H2,1-3H3,(H3,12,13,14,15). The molecule has 90 valence electrons. The molecule has 0 aromatic carbocycles. The third-order valence-corrected chi connectivity index (χ3v) is 2.61. The Morgan fingerprint density at radius 2 is 2.06 bits per heavy atom. The summed E-state index contributed by atoms with van der Waals surface area (Å²) in [5.41, 5.74) is 6.56. The zero-order chi connectivity index (χ0) is 12.0. The minimum atomic E-state index is 0.316. The lowest BCUT2D eigenvalue weighted by atomic mass is 10.3. The summed E-state index contributed by atoms with van der Waals surface area (Å²) in [5, 5.41) is 3.28. The molecule has 1 heterocycles. The fourth-order valence-electron chi connectivity index (χ4n) is 1.51. The molecule has 0 fully saturated rings. The molecule has 0 saturated heterocycles. The van der Waals surface area contributed by atoms with Gasteiger partial charge in [0.15, 0.2) is 0 Å². The Morgan fingerprint density at radius 3 is 2.69 bits per heavy atom. The van der Waals surface area contributed by atoms with Crippen molar-refractivity contribution in [2.75, 3.05) is 37.2 Å². The van der Waals surface area contributed by atoms with Crippen molar-refractivity contribution in [1.29, 1.82) is 0 Å². The fraction of sp³-hybridized carbons (Fsp3) is 0.636. The smallest absolute Gasteiger partial charge is 0.221 e. The Bertz CT molecular complexity index is 322.